The summed E-state index contributed by atoms with van der Waals surface area (Å²) in [5, 5.41) is 0. The maximum atomic E-state index is 10.8. The van der Waals surface area contributed by atoms with Crippen molar-refractivity contribution in [2.75, 3.05) is 0 Å². The van der Waals surface area contributed by atoms with Crippen LogP contribution in [0.3, 0.4) is 0 Å². The Labute approximate surface area is 79.9 Å². The lowest BCUT2D eigenvalue weighted by Crippen LogP contribution is -2.10. The molecule has 0 bridgehead atoms. The highest BCUT2D eigenvalue weighted by Crippen LogP contribution is 2.05. The highest BCUT2D eigenvalue weighted by molar-refractivity contribution is 5.87. The maximum Gasteiger partial charge on any atom is 0.351 e. The van der Waals surface area contributed by atoms with Gasteiger partial charge in [0.1, 0.15) is 0 Å². The van der Waals surface area contributed by atoms with Crippen molar-refractivity contribution in [3.63, 3.8) is 0 Å². The van der Waals surface area contributed by atoms with E-state index in [-0.39, 0.29) is 0 Å². The first-order chi connectivity index (χ1) is 6.22. The second-order valence-corrected chi connectivity index (χ2v) is 3.14. The van der Waals surface area contributed by atoms with Gasteiger partial charge in [0.25, 0.3) is 0 Å². The molecule has 0 rings (SSSR count). The first-order valence-corrected chi connectivity index (χ1v) is 4.80. The number of nitrogens with two attached hydrogens (primary N) is 1. The lowest BCUT2D eigenvalue weighted by Gasteiger charge is -1.98. The van der Waals surface area contributed by atoms with Crippen LogP contribution in [-0.4, -0.2) is 5.97 Å². The van der Waals surface area contributed by atoms with Crippen molar-refractivity contribution in [3.05, 3.63) is 11.6 Å². The molecule has 0 unspecified atom stereocenters. The Hall–Kier alpha value is -0.830. The number of unbranched alkanes of at least 4 members (excludes halogenated alkanes) is 4. The molecule has 0 aliphatic carbocycles. The summed E-state index contributed by atoms with van der Waals surface area (Å²) >= 11 is 0. The lowest BCUT2D eigenvalue weighted by atomic mass is 10.1. The van der Waals surface area contributed by atoms with Crippen molar-refractivity contribution in [2.24, 2.45) is 5.90 Å². The average Bonchev–Trinajstić information content (AvgIpc) is 2.16. The van der Waals surface area contributed by atoms with Crippen LogP contribution in [0.4, 0.5) is 0 Å². The Morgan fingerprint density at radius 2 is 2.08 bits per heavy atom. The van der Waals surface area contributed by atoms with Crippen LogP contribution in [0.1, 0.15) is 46.0 Å². The van der Waals surface area contributed by atoms with Crippen LogP contribution in [-0.2, 0) is 9.63 Å². The third kappa shape index (κ3) is 6.34. The molecule has 0 amide bonds. The highest BCUT2D eigenvalue weighted by atomic mass is 16.7. The first-order valence-electron chi connectivity index (χ1n) is 4.80. The van der Waals surface area contributed by atoms with Crippen LogP contribution < -0.4 is 5.90 Å². The minimum Gasteiger partial charge on any atom is -0.370 e. The monoisotopic (exact) mass is 185 g/mol. The first kappa shape index (κ1) is 12.2. The van der Waals surface area contributed by atoms with Crippen molar-refractivity contribution in [1.82, 2.24) is 0 Å². The van der Waals surface area contributed by atoms with Crippen molar-refractivity contribution in [1.29, 1.82) is 0 Å². The van der Waals surface area contributed by atoms with Gasteiger partial charge in [-0.05, 0) is 19.8 Å². The van der Waals surface area contributed by atoms with Gasteiger partial charge in [-0.25, -0.2) is 4.79 Å². The Bertz CT molecular complexity index is 176. The van der Waals surface area contributed by atoms with E-state index in [1.165, 1.54) is 19.3 Å². The summed E-state index contributed by atoms with van der Waals surface area (Å²) in [7, 11) is 0. The Morgan fingerprint density at radius 1 is 1.38 bits per heavy atom. The van der Waals surface area contributed by atoms with Crippen LogP contribution >= 0.6 is 0 Å². The molecule has 0 aromatic rings. The number of rotatable bonds is 6. The summed E-state index contributed by atoms with van der Waals surface area (Å²) < 4.78 is 0. The SMILES string of the molecule is CCCCCCC=C(C)C(=O)ON. The van der Waals surface area contributed by atoms with Crippen LogP contribution in [0, 0.1) is 0 Å². The van der Waals surface area contributed by atoms with Crippen molar-refractivity contribution in [3.8, 4) is 0 Å². The molecule has 13 heavy (non-hydrogen) atoms. The molecular formula is C10H19NO2. The van der Waals surface area contributed by atoms with E-state index >= 15 is 0 Å². The molecule has 0 aliphatic rings. The van der Waals surface area contributed by atoms with E-state index in [4.69, 9.17) is 5.90 Å². The fourth-order valence-corrected chi connectivity index (χ4v) is 1.07. The molecule has 0 aromatic carbocycles. The van der Waals surface area contributed by atoms with Gasteiger partial charge in [-0.3, -0.25) is 0 Å². The molecule has 0 aliphatic heterocycles. The van der Waals surface area contributed by atoms with E-state index in [1.54, 1.807) is 6.92 Å². The van der Waals surface area contributed by atoms with Gasteiger partial charge in [0.05, 0.1) is 0 Å². The Balaban J connectivity index is 3.53. The van der Waals surface area contributed by atoms with Gasteiger partial charge in [-0.1, -0.05) is 32.3 Å². The fraction of sp³-hybridized carbons (Fsp3) is 0.700. The molecule has 2 N–H and O–H groups in total. The smallest absolute Gasteiger partial charge is 0.351 e. The van der Waals surface area contributed by atoms with Gasteiger partial charge >= 0.3 is 5.97 Å². The second-order valence-electron chi connectivity index (χ2n) is 3.14. The predicted octanol–water partition coefficient (Wildman–Crippen LogP) is 2.32. The zero-order chi connectivity index (χ0) is 10.1. The number of carbonyl (C=O) groups is 1. The quantitative estimate of drug-likeness (QED) is 0.392. The normalized spacial score (nSPS) is 11.5. The van der Waals surface area contributed by atoms with Gasteiger partial charge in [0, 0.05) is 5.57 Å². The van der Waals surface area contributed by atoms with E-state index < -0.39 is 5.97 Å². The molecule has 0 radical (unpaired) electrons. The molecule has 0 saturated heterocycles. The number of carbonyl (C=O) groups excluding carboxylic acids is 1. The van der Waals surface area contributed by atoms with E-state index in [0.717, 1.165) is 12.8 Å². The highest BCUT2D eigenvalue weighted by Gasteiger charge is 2.01. The number of hydrogen-bond acceptors (Lipinski definition) is 3. The lowest BCUT2D eigenvalue weighted by molar-refractivity contribution is -0.139. The van der Waals surface area contributed by atoms with Crippen LogP contribution in [0.2, 0.25) is 0 Å². The minimum atomic E-state index is -0.435. The summed E-state index contributed by atoms with van der Waals surface area (Å²) in [4.78, 5) is 14.9. The molecule has 76 valence electrons. The molecule has 0 atom stereocenters. The van der Waals surface area contributed by atoms with Gasteiger partial charge < -0.3 is 4.84 Å². The summed E-state index contributed by atoms with van der Waals surface area (Å²) in [5.41, 5.74) is 0.596. The van der Waals surface area contributed by atoms with Crippen molar-refractivity contribution >= 4 is 5.97 Å². The third-order valence-corrected chi connectivity index (χ3v) is 1.94. The Morgan fingerprint density at radius 3 is 2.62 bits per heavy atom. The van der Waals surface area contributed by atoms with Crippen molar-refractivity contribution < 1.29 is 9.63 Å². The van der Waals surface area contributed by atoms with Crippen LogP contribution in [0.25, 0.3) is 0 Å². The summed E-state index contributed by atoms with van der Waals surface area (Å²) in [6.07, 6.45) is 7.65. The van der Waals surface area contributed by atoms with Gasteiger partial charge in [0.15, 0.2) is 0 Å². The summed E-state index contributed by atoms with van der Waals surface area (Å²) in [6.45, 7) is 3.89. The van der Waals surface area contributed by atoms with E-state index in [0.29, 0.717) is 5.57 Å². The topological polar surface area (TPSA) is 52.3 Å². The molecule has 0 heterocycles. The number of hydrogen-bond donors (Lipinski definition) is 1. The maximum absolute atomic E-state index is 10.8. The van der Waals surface area contributed by atoms with Crippen molar-refractivity contribution in [2.45, 2.75) is 46.0 Å². The van der Waals surface area contributed by atoms with Gasteiger partial charge in [-0.2, -0.15) is 5.90 Å². The fourth-order valence-electron chi connectivity index (χ4n) is 1.07. The van der Waals surface area contributed by atoms with Crippen LogP contribution in [0.5, 0.6) is 0 Å². The van der Waals surface area contributed by atoms with E-state index in [1.807, 2.05) is 6.08 Å². The molecule has 3 nitrogen and oxygen atoms in total. The van der Waals surface area contributed by atoms with Gasteiger partial charge in [-0.15, -0.1) is 0 Å². The largest absolute Gasteiger partial charge is 0.370 e. The summed E-state index contributed by atoms with van der Waals surface area (Å²) in [5.74, 6) is 4.30. The van der Waals surface area contributed by atoms with Crippen LogP contribution in [0.15, 0.2) is 11.6 Å². The Kier molecular flexibility index (Phi) is 7.30. The molecule has 0 saturated carbocycles. The molecule has 0 aromatic heterocycles. The molecule has 0 spiro atoms. The second kappa shape index (κ2) is 7.80. The predicted molar refractivity (Wildman–Crippen MR) is 52.8 cm³/mol. The third-order valence-electron chi connectivity index (χ3n) is 1.94. The zero-order valence-electron chi connectivity index (χ0n) is 8.51. The summed E-state index contributed by atoms with van der Waals surface area (Å²) in [6, 6.07) is 0. The van der Waals surface area contributed by atoms with E-state index in [9.17, 15) is 4.79 Å². The standard InChI is InChI=1S/C10H19NO2/c1-3-4-5-6-7-8-9(2)10(12)13-11/h8H,3-7,11H2,1-2H3. The minimum absolute atomic E-state index is 0.435. The zero-order valence-corrected chi connectivity index (χ0v) is 8.51. The number of allylic oxidation sites excluding steroid dienone is 1. The average molecular weight is 185 g/mol. The molecular weight excluding hydrogens is 166 g/mol. The molecule has 0 fully saturated rings. The van der Waals surface area contributed by atoms with E-state index in [2.05, 4.69) is 11.8 Å². The van der Waals surface area contributed by atoms with Gasteiger partial charge in [0.2, 0.25) is 0 Å². The molecule has 3 heteroatoms.